The van der Waals surface area contributed by atoms with Gasteiger partial charge in [0, 0.05) is 0 Å². The normalized spacial score (nSPS) is 13.9. The Hall–Kier alpha value is -1.19. The summed E-state index contributed by atoms with van der Waals surface area (Å²) in [6.07, 6.45) is -3.90. The molecule has 1 atom stereocenters. The number of hydrogen-bond acceptors (Lipinski definition) is 1. The van der Waals surface area contributed by atoms with Crippen LogP contribution in [-0.2, 0) is 6.42 Å². The standard InChI is InChI=1S/C16H23F3O/c1-10(2)6-13-7-14(12(5)11(3)4)9-15(8-13)20-16(17,18)19/h7-12H,6H2,1-5H3. The Morgan fingerprint density at radius 1 is 1.00 bits per heavy atom. The number of rotatable bonds is 5. The summed E-state index contributed by atoms with van der Waals surface area (Å²) in [5, 5.41) is 0. The lowest BCUT2D eigenvalue weighted by Crippen LogP contribution is -2.17. The summed E-state index contributed by atoms with van der Waals surface area (Å²) in [6.45, 7) is 10.2. The third-order valence-electron chi connectivity index (χ3n) is 3.39. The molecule has 1 rings (SSSR count). The van der Waals surface area contributed by atoms with E-state index in [0.717, 1.165) is 17.5 Å². The molecule has 1 aromatic carbocycles. The lowest BCUT2D eigenvalue weighted by molar-refractivity contribution is -0.274. The molecule has 0 saturated heterocycles. The molecule has 0 spiro atoms. The van der Waals surface area contributed by atoms with Crippen LogP contribution in [0.25, 0.3) is 0 Å². The number of alkyl halides is 3. The third kappa shape index (κ3) is 5.43. The highest BCUT2D eigenvalue weighted by Gasteiger charge is 2.31. The minimum absolute atomic E-state index is 0.113. The van der Waals surface area contributed by atoms with E-state index in [0.29, 0.717) is 11.8 Å². The quantitative estimate of drug-likeness (QED) is 0.691. The fraction of sp³-hybridized carbons (Fsp3) is 0.625. The van der Waals surface area contributed by atoms with Crippen molar-refractivity contribution >= 4 is 0 Å². The Morgan fingerprint density at radius 2 is 1.60 bits per heavy atom. The van der Waals surface area contributed by atoms with Crippen molar-refractivity contribution in [2.45, 2.75) is 53.3 Å². The third-order valence-corrected chi connectivity index (χ3v) is 3.39. The van der Waals surface area contributed by atoms with Crippen LogP contribution in [0.5, 0.6) is 5.75 Å². The van der Waals surface area contributed by atoms with Gasteiger partial charge in [-0.2, -0.15) is 0 Å². The second-order valence-electron chi connectivity index (χ2n) is 6.09. The molecule has 114 valence electrons. The molecule has 0 aliphatic carbocycles. The number of ether oxygens (including phenoxy) is 1. The van der Waals surface area contributed by atoms with Crippen molar-refractivity contribution in [1.29, 1.82) is 0 Å². The number of hydrogen-bond donors (Lipinski definition) is 0. The molecule has 0 radical (unpaired) electrons. The fourth-order valence-corrected chi connectivity index (χ4v) is 2.12. The molecule has 0 aliphatic rings. The molecule has 0 N–H and O–H groups in total. The van der Waals surface area contributed by atoms with E-state index in [-0.39, 0.29) is 11.7 Å². The van der Waals surface area contributed by atoms with Crippen molar-refractivity contribution in [3.8, 4) is 5.75 Å². The maximum absolute atomic E-state index is 12.4. The van der Waals surface area contributed by atoms with Crippen molar-refractivity contribution < 1.29 is 17.9 Å². The molecule has 0 saturated carbocycles. The molecule has 1 nitrogen and oxygen atoms in total. The van der Waals surface area contributed by atoms with Crippen LogP contribution in [0.4, 0.5) is 13.2 Å². The second kappa shape index (κ2) is 6.51. The fourth-order valence-electron chi connectivity index (χ4n) is 2.12. The van der Waals surface area contributed by atoms with Crippen molar-refractivity contribution in [3.05, 3.63) is 29.3 Å². The summed E-state index contributed by atoms with van der Waals surface area (Å²) in [6, 6.07) is 4.99. The van der Waals surface area contributed by atoms with Gasteiger partial charge in [0.05, 0.1) is 0 Å². The first kappa shape index (κ1) is 16.9. The van der Waals surface area contributed by atoms with Crippen LogP contribution < -0.4 is 4.74 Å². The van der Waals surface area contributed by atoms with Crippen molar-refractivity contribution in [2.24, 2.45) is 11.8 Å². The average molecular weight is 288 g/mol. The van der Waals surface area contributed by atoms with E-state index in [9.17, 15) is 13.2 Å². The molecule has 1 unspecified atom stereocenters. The van der Waals surface area contributed by atoms with Crippen LogP contribution in [0.15, 0.2) is 18.2 Å². The maximum Gasteiger partial charge on any atom is 0.573 e. The molecule has 1 aromatic rings. The Morgan fingerprint density at radius 3 is 2.05 bits per heavy atom. The van der Waals surface area contributed by atoms with Crippen molar-refractivity contribution in [1.82, 2.24) is 0 Å². The van der Waals surface area contributed by atoms with E-state index < -0.39 is 6.36 Å². The van der Waals surface area contributed by atoms with Crippen molar-refractivity contribution in [3.63, 3.8) is 0 Å². The molecule has 4 heteroatoms. The Labute approximate surface area is 119 Å². The summed E-state index contributed by atoms with van der Waals surface area (Å²) in [7, 11) is 0. The van der Waals surface area contributed by atoms with E-state index in [1.165, 1.54) is 12.1 Å². The zero-order chi connectivity index (χ0) is 15.5. The molecule has 0 heterocycles. The van der Waals surface area contributed by atoms with Crippen LogP contribution in [0.2, 0.25) is 0 Å². The lowest BCUT2D eigenvalue weighted by atomic mass is 9.88. The second-order valence-corrected chi connectivity index (χ2v) is 6.09. The van der Waals surface area contributed by atoms with Gasteiger partial charge in [0.25, 0.3) is 0 Å². The van der Waals surface area contributed by atoms with Gasteiger partial charge in [0.2, 0.25) is 0 Å². The molecule has 20 heavy (non-hydrogen) atoms. The number of benzene rings is 1. The Bertz CT molecular complexity index is 436. The van der Waals surface area contributed by atoms with Crippen molar-refractivity contribution in [2.75, 3.05) is 0 Å². The van der Waals surface area contributed by atoms with Gasteiger partial charge in [-0.25, -0.2) is 0 Å². The van der Waals surface area contributed by atoms with Gasteiger partial charge >= 0.3 is 6.36 Å². The van der Waals surface area contributed by atoms with Crippen LogP contribution in [0, 0.1) is 11.8 Å². The predicted molar refractivity (Wildman–Crippen MR) is 74.9 cm³/mol. The molecule has 0 amide bonds. The first-order valence-corrected chi connectivity index (χ1v) is 6.98. The van der Waals surface area contributed by atoms with Gasteiger partial charge in [-0.3, -0.25) is 0 Å². The Balaban J connectivity index is 3.13. The highest BCUT2D eigenvalue weighted by Crippen LogP contribution is 2.31. The zero-order valence-electron chi connectivity index (χ0n) is 12.7. The summed E-state index contributed by atoms with van der Waals surface area (Å²) in [4.78, 5) is 0. The van der Waals surface area contributed by atoms with Gasteiger partial charge in [0.15, 0.2) is 0 Å². The minimum atomic E-state index is -4.64. The molecular formula is C16H23F3O. The summed E-state index contributed by atoms with van der Waals surface area (Å²) < 4.78 is 41.3. The largest absolute Gasteiger partial charge is 0.573 e. The van der Waals surface area contributed by atoms with Crippen LogP contribution >= 0.6 is 0 Å². The van der Waals surface area contributed by atoms with E-state index in [1.54, 1.807) is 0 Å². The molecule has 0 bridgehead atoms. The average Bonchev–Trinajstić information content (AvgIpc) is 2.23. The van der Waals surface area contributed by atoms with E-state index in [4.69, 9.17) is 0 Å². The maximum atomic E-state index is 12.4. The molecule has 0 aliphatic heterocycles. The molecule has 0 aromatic heterocycles. The minimum Gasteiger partial charge on any atom is -0.406 e. The predicted octanol–water partition coefficient (Wildman–Crippen LogP) is 5.54. The van der Waals surface area contributed by atoms with Crippen LogP contribution in [0.1, 0.15) is 51.7 Å². The van der Waals surface area contributed by atoms with E-state index >= 15 is 0 Å². The SMILES string of the molecule is CC(C)Cc1cc(OC(F)(F)F)cc(C(C)C(C)C)c1. The summed E-state index contributed by atoms with van der Waals surface area (Å²) >= 11 is 0. The first-order chi connectivity index (χ1) is 9.08. The van der Waals surface area contributed by atoms with E-state index in [1.807, 2.05) is 26.8 Å². The highest BCUT2D eigenvalue weighted by molar-refractivity contribution is 5.36. The first-order valence-electron chi connectivity index (χ1n) is 6.98. The van der Waals surface area contributed by atoms with Gasteiger partial charge < -0.3 is 4.74 Å². The molecular weight excluding hydrogens is 265 g/mol. The van der Waals surface area contributed by atoms with Gasteiger partial charge in [-0.15, -0.1) is 13.2 Å². The van der Waals surface area contributed by atoms with E-state index in [2.05, 4.69) is 18.6 Å². The van der Waals surface area contributed by atoms with Gasteiger partial charge in [-0.1, -0.05) is 40.7 Å². The lowest BCUT2D eigenvalue weighted by Gasteiger charge is -2.19. The van der Waals surface area contributed by atoms with Gasteiger partial charge in [-0.05, 0) is 47.4 Å². The summed E-state index contributed by atoms with van der Waals surface area (Å²) in [5.41, 5.74) is 1.79. The highest BCUT2D eigenvalue weighted by atomic mass is 19.4. The summed E-state index contributed by atoms with van der Waals surface area (Å²) in [5.74, 6) is 0.831. The van der Waals surface area contributed by atoms with Crippen LogP contribution in [0.3, 0.4) is 0 Å². The monoisotopic (exact) mass is 288 g/mol. The molecule has 0 fully saturated rings. The topological polar surface area (TPSA) is 9.23 Å². The number of halogens is 3. The van der Waals surface area contributed by atoms with Gasteiger partial charge in [0.1, 0.15) is 5.75 Å². The Kier molecular flexibility index (Phi) is 5.49. The van der Waals surface area contributed by atoms with Crippen LogP contribution in [-0.4, -0.2) is 6.36 Å². The zero-order valence-corrected chi connectivity index (χ0v) is 12.7. The smallest absolute Gasteiger partial charge is 0.406 e.